The van der Waals surface area contributed by atoms with Gasteiger partial charge in [-0.05, 0) is 31.6 Å². The average Bonchev–Trinajstić information content (AvgIpc) is 1.39. The van der Waals surface area contributed by atoms with Crippen LogP contribution in [0.25, 0.3) is 0 Å². The van der Waals surface area contributed by atoms with Crippen molar-refractivity contribution in [3.63, 3.8) is 0 Å². The first-order valence-electron chi connectivity index (χ1n) is 41.1. The van der Waals surface area contributed by atoms with Gasteiger partial charge in [-0.25, -0.2) is 9.13 Å². The number of carbonyl (C=O) groups excluding carboxylic acids is 4. The maximum atomic E-state index is 13.1. The zero-order chi connectivity index (χ0) is 71.9. The maximum absolute atomic E-state index is 13.1. The minimum absolute atomic E-state index is 0.108. The lowest BCUT2D eigenvalue weighted by molar-refractivity contribution is -0.161. The molecule has 0 aliphatic rings. The van der Waals surface area contributed by atoms with Gasteiger partial charge in [0.1, 0.15) is 19.3 Å². The Morgan fingerprint density at radius 3 is 0.694 bits per heavy atom. The average molecular weight is 1440 g/mol. The Kier molecular flexibility index (Phi) is 70.6. The minimum atomic E-state index is -4.96. The van der Waals surface area contributed by atoms with Crippen molar-refractivity contribution in [3.05, 3.63) is 0 Å². The standard InChI is InChI=1S/C79H154O17P2/c1-6-9-12-15-18-21-23-25-27-28-29-30-31-32-33-35-41-45-50-55-60-65-79(84)96-75(69-90-77(82)63-58-53-48-43-39-37-36-38-42-46-51-56-61-72(4)5)71-94-98(87,88)92-67-73(80)66-91-97(85,86)93-70-74(68-89-76(81)62-57-52-47-20-17-14-11-8-3)95-78(83)64-59-54-49-44-40-34-26-24-22-19-16-13-10-7-2/h72-75,80H,6-71H2,1-5H3,(H,85,86)(H,87,88)/t73-,74+,75+/m0/s1. The number of aliphatic hydroxyl groups excluding tert-OH is 1. The van der Waals surface area contributed by atoms with Gasteiger partial charge in [-0.1, -0.05) is 369 Å². The maximum Gasteiger partial charge on any atom is 0.472 e. The molecule has 0 rings (SSSR count). The number of phosphoric acid groups is 2. The van der Waals surface area contributed by atoms with Gasteiger partial charge in [0.2, 0.25) is 0 Å². The van der Waals surface area contributed by atoms with Gasteiger partial charge in [0.05, 0.1) is 26.4 Å². The molecule has 0 aliphatic heterocycles. The molecule has 0 saturated carbocycles. The van der Waals surface area contributed by atoms with Gasteiger partial charge in [0, 0.05) is 25.7 Å². The van der Waals surface area contributed by atoms with Gasteiger partial charge in [0.15, 0.2) is 12.2 Å². The van der Waals surface area contributed by atoms with Crippen LogP contribution in [0.2, 0.25) is 0 Å². The molecule has 98 heavy (non-hydrogen) atoms. The SMILES string of the molecule is CCCCCCCCCCCCCCCCCCCCCCCC(=O)O[C@H](COC(=O)CCCCCCCCCCCCCCC(C)C)COP(=O)(O)OC[C@@H](O)COP(=O)(O)OC[C@@H](COC(=O)CCCCCCCCCC)OC(=O)CCCCCCCCCCCCCCCC. The van der Waals surface area contributed by atoms with Crippen LogP contribution in [-0.4, -0.2) is 96.7 Å². The van der Waals surface area contributed by atoms with Gasteiger partial charge >= 0.3 is 39.5 Å². The molecule has 0 saturated heterocycles. The van der Waals surface area contributed by atoms with E-state index in [0.717, 1.165) is 102 Å². The zero-order valence-electron chi connectivity index (χ0n) is 63.9. The van der Waals surface area contributed by atoms with Gasteiger partial charge < -0.3 is 33.8 Å². The molecule has 19 heteroatoms. The Bertz CT molecular complexity index is 1870. The second-order valence-corrected chi connectivity index (χ2v) is 31.8. The van der Waals surface area contributed by atoms with Crippen LogP contribution in [0.1, 0.15) is 420 Å². The van der Waals surface area contributed by atoms with E-state index < -0.39 is 97.5 Å². The highest BCUT2D eigenvalue weighted by atomic mass is 31.2. The van der Waals surface area contributed by atoms with Gasteiger partial charge in [-0.3, -0.25) is 37.3 Å². The molecule has 0 fully saturated rings. The molecule has 5 atom stereocenters. The van der Waals surface area contributed by atoms with Crippen LogP contribution >= 0.6 is 15.6 Å². The van der Waals surface area contributed by atoms with E-state index in [2.05, 4.69) is 34.6 Å². The van der Waals surface area contributed by atoms with E-state index in [4.69, 9.17) is 37.0 Å². The molecule has 2 unspecified atom stereocenters. The fourth-order valence-corrected chi connectivity index (χ4v) is 13.8. The summed E-state index contributed by atoms with van der Waals surface area (Å²) >= 11 is 0. The van der Waals surface area contributed by atoms with E-state index in [9.17, 15) is 43.2 Å². The summed E-state index contributed by atoms with van der Waals surface area (Å²) in [6.07, 6.45) is 62.5. The van der Waals surface area contributed by atoms with Crippen molar-refractivity contribution in [2.45, 2.75) is 438 Å². The van der Waals surface area contributed by atoms with Crippen molar-refractivity contribution < 1.29 is 80.2 Å². The summed E-state index contributed by atoms with van der Waals surface area (Å²) in [6, 6.07) is 0. The molecular formula is C79H154O17P2. The summed E-state index contributed by atoms with van der Waals surface area (Å²) in [7, 11) is -9.91. The molecule has 0 aliphatic carbocycles. The quantitative estimate of drug-likeness (QED) is 0.0222. The van der Waals surface area contributed by atoms with Gasteiger partial charge in [-0.2, -0.15) is 0 Å². The van der Waals surface area contributed by atoms with E-state index in [-0.39, 0.29) is 25.7 Å². The fraction of sp³-hybridized carbons (Fsp3) is 0.949. The third-order valence-electron chi connectivity index (χ3n) is 18.5. The summed E-state index contributed by atoms with van der Waals surface area (Å²) < 4.78 is 68.6. The molecule has 3 N–H and O–H groups in total. The molecule has 0 radical (unpaired) electrons. The van der Waals surface area contributed by atoms with Crippen LogP contribution in [0.5, 0.6) is 0 Å². The first kappa shape index (κ1) is 96.1. The summed E-state index contributed by atoms with van der Waals surface area (Å²) in [6.45, 7) is 7.30. The van der Waals surface area contributed by atoms with E-state index in [1.54, 1.807) is 0 Å². The smallest absolute Gasteiger partial charge is 0.462 e. The van der Waals surface area contributed by atoms with Crippen LogP contribution in [0, 0.1) is 5.92 Å². The monoisotopic (exact) mass is 1440 g/mol. The lowest BCUT2D eigenvalue weighted by atomic mass is 10.0. The van der Waals surface area contributed by atoms with Crippen molar-refractivity contribution in [1.82, 2.24) is 0 Å². The Labute approximate surface area is 600 Å². The van der Waals surface area contributed by atoms with Crippen molar-refractivity contribution in [2.24, 2.45) is 5.92 Å². The molecule has 0 bridgehead atoms. The molecule has 0 aromatic heterocycles. The number of aliphatic hydroxyl groups is 1. The molecule has 0 aromatic rings. The highest BCUT2D eigenvalue weighted by Crippen LogP contribution is 2.45. The van der Waals surface area contributed by atoms with Crippen molar-refractivity contribution in [1.29, 1.82) is 0 Å². The first-order valence-corrected chi connectivity index (χ1v) is 44.1. The van der Waals surface area contributed by atoms with Crippen molar-refractivity contribution in [2.75, 3.05) is 39.6 Å². The lowest BCUT2D eigenvalue weighted by Crippen LogP contribution is -2.30. The predicted molar refractivity (Wildman–Crippen MR) is 400 cm³/mol. The van der Waals surface area contributed by atoms with Crippen molar-refractivity contribution in [3.8, 4) is 0 Å². The number of hydrogen-bond donors (Lipinski definition) is 3. The van der Waals surface area contributed by atoms with Gasteiger partial charge in [-0.15, -0.1) is 0 Å². The number of rotatable bonds is 79. The molecule has 0 aromatic carbocycles. The van der Waals surface area contributed by atoms with Crippen LogP contribution < -0.4 is 0 Å². The number of hydrogen-bond acceptors (Lipinski definition) is 15. The van der Waals surface area contributed by atoms with Crippen molar-refractivity contribution >= 4 is 39.5 Å². The molecule has 0 amide bonds. The third-order valence-corrected chi connectivity index (χ3v) is 20.4. The second kappa shape index (κ2) is 72.0. The highest BCUT2D eigenvalue weighted by molar-refractivity contribution is 7.47. The Morgan fingerprint density at radius 2 is 0.469 bits per heavy atom. The summed E-state index contributed by atoms with van der Waals surface area (Å²) in [5.41, 5.74) is 0. The minimum Gasteiger partial charge on any atom is -0.462 e. The Balaban J connectivity index is 5.18. The van der Waals surface area contributed by atoms with Gasteiger partial charge in [0.25, 0.3) is 0 Å². The molecule has 0 spiro atoms. The van der Waals surface area contributed by atoms with Crippen LogP contribution in [0.15, 0.2) is 0 Å². The number of phosphoric ester groups is 2. The lowest BCUT2D eigenvalue weighted by Gasteiger charge is -2.21. The van der Waals surface area contributed by atoms with Crippen LogP contribution in [0.3, 0.4) is 0 Å². The molecular weight excluding hydrogens is 1280 g/mol. The fourth-order valence-electron chi connectivity index (χ4n) is 12.2. The van der Waals surface area contributed by atoms with Crippen LogP contribution in [-0.2, 0) is 65.4 Å². The van der Waals surface area contributed by atoms with E-state index in [0.29, 0.717) is 25.7 Å². The summed E-state index contributed by atoms with van der Waals surface area (Å²) in [4.78, 5) is 72.8. The first-order chi connectivity index (χ1) is 47.5. The second-order valence-electron chi connectivity index (χ2n) is 28.9. The number of ether oxygens (including phenoxy) is 4. The normalized spacial score (nSPS) is 13.9. The molecule has 582 valence electrons. The predicted octanol–water partition coefficient (Wildman–Crippen LogP) is 23.6. The van der Waals surface area contributed by atoms with E-state index in [1.807, 2.05) is 0 Å². The summed E-state index contributed by atoms with van der Waals surface area (Å²) in [5, 5.41) is 10.6. The topological polar surface area (TPSA) is 237 Å². The largest absolute Gasteiger partial charge is 0.472 e. The highest BCUT2D eigenvalue weighted by Gasteiger charge is 2.30. The number of unbranched alkanes of at least 4 members (excludes halogenated alkanes) is 51. The summed E-state index contributed by atoms with van der Waals surface area (Å²) in [5.74, 6) is -1.33. The van der Waals surface area contributed by atoms with E-state index >= 15 is 0 Å². The Morgan fingerprint density at radius 1 is 0.276 bits per heavy atom. The zero-order valence-corrected chi connectivity index (χ0v) is 65.7. The third kappa shape index (κ3) is 72.4. The number of esters is 4. The molecule has 17 nitrogen and oxygen atoms in total. The molecule has 0 heterocycles. The van der Waals surface area contributed by atoms with E-state index in [1.165, 1.54) is 238 Å². The Hall–Kier alpha value is -1.94. The number of carbonyl (C=O) groups is 4. The van der Waals surface area contributed by atoms with Crippen LogP contribution in [0.4, 0.5) is 0 Å².